The summed E-state index contributed by atoms with van der Waals surface area (Å²) in [7, 11) is 0. The van der Waals surface area contributed by atoms with Crippen LogP contribution in [0.3, 0.4) is 0 Å². The molecule has 2 fully saturated rings. The maximum absolute atomic E-state index is 12.1. The molecule has 0 aromatic carbocycles. The number of esters is 2. The number of carbonyl (C=O) groups excluding carboxylic acids is 2. The smallest absolute Gasteiger partial charge is 0.334 e. The maximum Gasteiger partial charge on any atom is 0.334 e. The Kier molecular flexibility index (Phi) is 3.71. The molecule has 24 heavy (non-hydrogen) atoms. The summed E-state index contributed by atoms with van der Waals surface area (Å²) in [6.07, 6.45) is 1.49. The monoisotopic (exact) mass is 336 g/mol. The first kappa shape index (κ1) is 16.9. The molecule has 0 unspecified atom stereocenters. The van der Waals surface area contributed by atoms with Gasteiger partial charge in [-0.05, 0) is 18.6 Å². The molecule has 0 radical (unpaired) electrons. The molecule has 2 aliphatic carbocycles. The summed E-state index contributed by atoms with van der Waals surface area (Å²) in [6, 6.07) is 0. The summed E-state index contributed by atoms with van der Waals surface area (Å²) in [5.41, 5.74) is -2.29. The van der Waals surface area contributed by atoms with E-state index < -0.39 is 47.2 Å². The molecule has 7 heteroatoms. The van der Waals surface area contributed by atoms with Crippen LogP contribution in [0.2, 0.25) is 0 Å². The number of hydrogen-bond acceptors (Lipinski definition) is 7. The molecule has 7 nitrogen and oxygen atoms in total. The minimum absolute atomic E-state index is 0.133. The first-order valence-corrected chi connectivity index (χ1v) is 7.64. The lowest BCUT2D eigenvalue weighted by atomic mass is 9.73. The zero-order chi connectivity index (χ0) is 17.9. The van der Waals surface area contributed by atoms with E-state index in [2.05, 4.69) is 13.2 Å². The fourth-order valence-electron chi connectivity index (χ4n) is 4.18. The molecular weight excluding hydrogens is 316 g/mol. The lowest BCUT2D eigenvalue weighted by Gasteiger charge is -2.39. The lowest BCUT2D eigenvalue weighted by Crippen LogP contribution is -2.52. The molecule has 6 atom stereocenters. The third kappa shape index (κ3) is 2.16. The zero-order valence-corrected chi connectivity index (χ0v) is 13.5. The quantitative estimate of drug-likeness (QED) is 0.256. The third-order valence-corrected chi connectivity index (χ3v) is 5.22. The molecule has 3 rings (SSSR count). The summed E-state index contributed by atoms with van der Waals surface area (Å²) in [5, 5.41) is 20.4. The average molecular weight is 336 g/mol. The number of hydrogen-bond donors (Lipinski definition) is 2. The molecule has 130 valence electrons. The first-order chi connectivity index (χ1) is 11.1. The Balaban J connectivity index is 2.15. The van der Waals surface area contributed by atoms with Crippen molar-refractivity contribution in [3.05, 3.63) is 36.5 Å². The molecule has 0 aromatic heterocycles. The molecular formula is C17H20O7. The van der Waals surface area contributed by atoms with E-state index in [1.807, 2.05) is 0 Å². The van der Waals surface area contributed by atoms with Crippen LogP contribution in [0.5, 0.6) is 0 Å². The molecule has 1 saturated carbocycles. The average Bonchev–Trinajstić information content (AvgIpc) is 2.88. The van der Waals surface area contributed by atoms with Crippen molar-refractivity contribution in [2.75, 3.05) is 0 Å². The second-order valence-corrected chi connectivity index (χ2v) is 6.80. The van der Waals surface area contributed by atoms with Crippen LogP contribution in [-0.2, 0) is 24.0 Å². The van der Waals surface area contributed by atoms with Crippen molar-refractivity contribution < 1.29 is 34.3 Å². The van der Waals surface area contributed by atoms with Gasteiger partial charge in [0, 0.05) is 18.9 Å². The molecule has 2 N–H and O–H groups in total. The number of rotatable bonds is 2. The van der Waals surface area contributed by atoms with Crippen molar-refractivity contribution in [3.8, 4) is 0 Å². The van der Waals surface area contributed by atoms with Crippen LogP contribution in [0, 0.1) is 11.8 Å². The largest absolute Gasteiger partial charge is 0.461 e. The van der Waals surface area contributed by atoms with Crippen LogP contribution in [0.15, 0.2) is 36.5 Å². The highest BCUT2D eigenvalue weighted by Crippen LogP contribution is 2.55. The van der Waals surface area contributed by atoms with Crippen LogP contribution in [0.25, 0.3) is 0 Å². The number of aliphatic hydroxyl groups is 1. The van der Waals surface area contributed by atoms with Gasteiger partial charge in [0.1, 0.15) is 12.2 Å². The van der Waals surface area contributed by atoms with E-state index in [1.165, 1.54) is 26.0 Å². The summed E-state index contributed by atoms with van der Waals surface area (Å²) < 4.78 is 10.8. The highest BCUT2D eigenvalue weighted by molar-refractivity contribution is 5.91. The van der Waals surface area contributed by atoms with E-state index >= 15 is 0 Å². The van der Waals surface area contributed by atoms with Gasteiger partial charge in [-0.3, -0.25) is 10.1 Å². The van der Waals surface area contributed by atoms with E-state index in [0.29, 0.717) is 5.57 Å². The van der Waals surface area contributed by atoms with Crippen LogP contribution < -0.4 is 0 Å². The predicted molar refractivity (Wildman–Crippen MR) is 81.5 cm³/mol. The molecule has 1 saturated heterocycles. The predicted octanol–water partition coefficient (Wildman–Crippen LogP) is 1.14. The van der Waals surface area contributed by atoms with Crippen LogP contribution in [0.1, 0.15) is 20.3 Å². The van der Waals surface area contributed by atoms with Gasteiger partial charge in [0.15, 0.2) is 5.60 Å². The van der Waals surface area contributed by atoms with Gasteiger partial charge in [0.2, 0.25) is 0 Å². The van der Waals surface area contributed by atoms with Gasteiger partial charge in [-0.2, -0.15) is 0 Å². The SMILES string of the molecule is C=C1C(=O)O[C@H]2[C@H]1[C@@H](OC(C)=O)CC(=C)[C@]1(OO)C=C[C@@](C)(O)[C@H]21. The topological polar surface area (TPSA) is 102 Å². The Morgan fingerprint density at radius 3 is 2.67 bits per heavy atom. The van der Waals surface area contributed by atoms with E-state index in [4.69, 9.17) is 14.4 Å². The Hall–Kier alpha value is -1.96. The van der Waals surface area contributed by atoms with Crippen molar-refractivity contribution in [1.82, 2.24) is 0 Å². The summed E-state index contributed by atoms with van der Waals surface area (Å²) in [6.45, 7) is 10.5. The second-order valence-electron chi connectivity index (χ2n) is 6.80. The lowest BCUT2D eigenvalue weighted by molar-refractivity contribution is -0.320. The molecule has 3 aliphatic rings. The fraction of sp³-hybridized carbons (Fsp3) is 0.529. The number of ether oxygens (including phenoxy) is 2. The van der Waals surface area contributed by atoms with E-state index in [9.17, 15) is 20.0 Å². The van der Waals surface area contributed by atoms with Crippen molar-refractivity contribution >= 4 is 11.9 Å². The van der Waals surface area contributed by atoms with Gasteiger partial charge in [-0.15, -0.1) is 0 Å². The van der Waals surface area contributed by atoms with Gasteiger partial charge < -0.3 is 14.6 Å². The van der Waals surface area contributed by atoms with Gasteiger partial charge in [0.25, 0.3) is 0 Å². The van der Waals surface area contributed by atoms with Crippen LogP contribution in [-0.4, -0.2) is 45.7 Å². The third-order valence-electron chi connectivity index (χ3n) is 5.22. The van der Waals surface area contributed by atoms with Crippen molar-refractivity contribution in [2.24, 2.45) is 11.8 Å². The number of carbonyl (C=O) groups is 2. The van der Waals surface area contributed by atoms with Crippen LogP contribution >= 0.6 is 0 Å². The Bertz CT molecular complexity index is 662. The molecule has 0 amide bonds. The standard InChI is InChI=1S/C17H20O7/c1-8-7-11(22-10(3)18)12-9(2)15(19)23-13(12)14-16(4,20)5-6-17(8,14)24-21/h5-6,11-14,20-21H,1-2,7H2,3-4H3/t11-,12+,13-,14-,16+,17+/m0/s1. The van der Waals surface area contributed by atoms with Crippen molar-refractivity contribution in [2.45, 2.75) is 43.7 Å². The van der Waals surface area contributed by atoms with Gasteiger partial charge in [0.05, 0.1) is 17.4 Å². The molecule has 0 spiro atoms. The van der Waals surface area contributed by atoms with Crippen molar-refractivity contribution in [1.29, 1.82) is 0 Å². The van der Waals surface area contributed by atoms with Crippen molar-refractivity contribution in [3.63, 3.8) is 0 Å². The van der Waals surface area contributed by atoms with E-state index in [0.717, 1.165) is 0 Å². The van der Waals surface area contributed by atoms with Crippen LogP contribution in [0.4, 0.5) is 0 Å². The molecule has 1 aliphatic heterocycles. The maximum atomic E-state index is 12.1. The van der Waals surface area contributed by atoms with Gasteiger partial charge >= 0.3 is 11.9 Å². The van der Waals surface area contributed by atoms with E-state index in [1.54, 1.807) is 0 Å². The van der Waals surface area contributed by atoms with Gasteiger partial charge in [-0.25, -0.2) is 9.68 Å². The Labute approximate surface area is 139 Å². The second kappa shape index (κ2) is 5.27. The fourth-order valence-corrected chi connectivity index (χ4v) is 4.18. The Morgan fingerprint density at radius 1 is 1.42 bits per heavy atom. The van der Waals surface area contributed by atoms with Gasteiger partial charge in [-0.1, -0.05) is 19.2 Å². The molecule has 0 aromatic rings. The highest BCUT2D eigenvalue weighted by Gasteiger charge is 2.65. The zero-order valence-electron chi connectivity index (χ0n) is 13.5. The minimum Gasteiger partial charge on any atom is -0.461 e. The molecule has 1 heterocycles. The summed E-state index contributed by atoms with van der Waals surface area (Å²) in [5.74, 6) is -2.65. The summed E-state index contributed by atoms with van der Waals surface area (Å²) >= 11 is 0. The Morgan fingerprint density at radius 2 is 2.08 bits per heavy atom. The number of fused-ring (bicyclic) bond motifs is 3. The molecule has 0 bridgehead atoms. The minimum atomic E-state index is -1.44. The first-order valence-electron chi connectivity index (χ1n) is 7.64. The normalized spacial score (nSPS) is 43.9. The van der Waals surface area contributed by atoms with E-state index in [-0.39, 0.29) is 12.0 Å². The summed E-state index contributed by atoms with van der Waals surface area (Å²) in [4.78, 5) is 28.3. The highest BCUT2D eigenvalue weighted by atomic mass is 17.1.